The minimum absolute atomic E-state index is 0. The second-order valence-electron chi connectivity index (χ2n) is 6.68. The van der Waals surface area contributed by atoms with Crippen molar-refractivity contribution in [2.24, 2.45) is 4.99 Å². The second-order valence-corrected chi connectivity index (χ2v) is 7.52. The Bertz CT molecular complexity index is 611. The molecule has 154 valence electrons. The molecule has 1 aromatic rings. The summed E-state index contributed by atoms with van der Waals surface area (Å²) in [5, 5.41) is 10.9. The molecule has 0 spiro atoms. The molecule has 1 fully saturated rings. The molecule has 0 atom stereocenters. The first-order valence-electron chi connectivity index (χ1n) is 8.74. The van der Waals surface area contributed by atoms with E-state index in [-0.39, 0.29) is 29.5 Å². The van der Waals surface area contributed by atoms with Crippen LogP contribution in [-0.2, 0) is 4.74 Å². The Labute approximate surface area is 188 Å². The van der Waals surface area contributed by atoms with Gasteiger partial charge in [-0.2, -0.15) is 0 Å². The molecule has 1 aromatic heterocycles. The van der Waals surface area contributed by atoms with Gasteiger partial charge in [-0.15, -0.1) is 24.0 Å². The smallest absolute Gasteiger partial charge is 0.191 e. The molecule has 0 amide bonds. The number of rotatable bonds is 7. The maximum Gasteiger partial charge on any atom is 0.191 e. The van der Waals surface area contributed by atoms with E-state index in [1.807, 2.05) is 0 Å². The summed E-state index contributed by atoms with van der Waals surface area (Å²) >= 11 is 11.9. The van der Waals surface area contributed by atoms with Gasteiger partial charge in [-0.3, -0.25) is 9.89 Å². The minimum atomic E-state index is 0. The number of guanidine groups is 1. The first-order valence-corrected chi connectivity index (χ1v) is 9.50. The predicted octanol–water partition coefficient (Wildman–Crippen LogP) is 2.69. The normalized spacial score (nSPS) is 15.8. The third-order valence-electron chi connectivity index (χ3n) is 4.30. The Kier molecular flexibility index (Phi) is 11.0. The third kappa shape index (κ3) is 8.15. The van der Waals surface area contributed by atoms with Crippen LogP contribution in [0.4, 0.5) is 5.82 Å². The number of hydrogen-bond donors (Lipinski definition) is 3. The first-order chi connectivity index (χ1) is 12.4. The van der Waals surface area contributed by atoms with Crippen molar-refractivity contribution in [3.8, 4) is 0 Å². The van der Waals surface area contributed by atoms with Gasteiger partial charge in [0.1, 0.15) is 5.82 Å². The van der Waals surface area contributed by atoms with Crippen LogP contribution < -0.4 is 16.0 Å². The molecule has 0 bridgehead atoms. The maximum atomic E-state index is 6.09. The van der Waals surface area contributed by atoms with Crippen LogP contribution in [0.2, 0.25) is 10.0 Å². The molecule has 1 saturated heterocycles. The van der Waals surface area contributed by atoms with E-state index in [1.54, 1.807) is 19.3 Å². The highest BCUT2D eigenvalue weighted by Gasteiger charge is 2.28. The molecule has 1 aliphatic heterocycles. The number of nitrogens with zero attached hydrogens (tertiary/aromatic N) is 3. The zero-order valence-corrected chi connectivity index (χ0v) is 19.9. The molecule has 1 aliphatic rings. The number of anilines is 1. The molecule has 3 N–H and O–H groups in total. The van der Waals surface area contributed by atoms with Gasteiger partial charge in [-0.1, -0.05) is 23.2 Å². The lowest BCUT2D eigenvalue weighted by molar-refractivity contribution is -0.00833. The largest absolute Gasteiger partial charge is 0.379 e. The topological polar surface area (TPSA) is 73.8 Å². The van der Waals surface area contributed by atoms with Gasteiger partial charge < -0.3 is 20.7 Å². The quantitative estimate of drug-likeness (QED) is 0.218. The summed E-state index contributed by atoms with van der Waals surface area (Å²) in [5.41, 5.74) is 0.0282. The number of hydrogen-bond acceptors (Lipinski definition) is 5. The van der Waals surface area contributed by atoms with Crippen LogP contribution in [0.3, 0.4) is 0 Å². The average molecular weight is 531 g/mol. The summed E-state index contributed by atoms with van der Waals surface area (Å²) in [4.78, 5) is 10.9. The monoisotopic (exact) mass is 530 g/mol. The van der Waals surface area contributed by atoms with Gasteiger partial charge in [0.25, 0.3) is 0 Å². The molecule has 2 rings (SSSR count). The highest BCUT2D eigenvalue weighted by molar-refractivity contribution is 14.0. The average Bonchev–Trinajstić information content (AvgIpc) is 2.63. The Morgan fingerprint density at radius 1 is 1.26 bits per heavy atom. The molecule has 2 heterocycles. The molecule has 0 radical (unpaired) electrons. The molecular weight excluding hydrogens is 502 g/mol. The highest BCUT2D eigenvalue weighted by Crippen LogP contribution is 2.22. The van der Waals surface area contributed by atoms with Crippen molar-refractivity contribution < 1.29 is 4.74 Å². The van der Waals surface area contributed by atoms with E-state index >= 15 is 0 Å². The van der Waals surface area contributed by atoms with Crippen LogP contribution in [0.25, 0.3) is 0 Å². The molecule has 0 aliphatic carbocycles. The van der Waals surface area contributed by atoms with Crippen LogP contribution in [0, 0.1) is 0 Å². The molecule has 27 heavy (non-hydrogen) atoms. The first kappa shape index (κ1) is 24.5. The van der Waals surface area contributed by atoms with Crippen molar-refractivity contribution in [1.82, 2.24) is 20.5 Å². The number of pyridine rings is 1. The molecular formula is C17H29Cl2IN6O. The van der Waals surface area contributed by atoms with Gasteiger partial charge in [0.2, 0.25) is 0 Å². The summed E-state index contributed by atoms with van der Waals surface area (Å²) in [7, 11) is 1.77. The fourth-order valence-electron chi connectivity index (χ4n) is 2.71. The van der Waals surface area contributed by atoms with E-state index in [2.05, 4.69) is 44.7 Å². The Hall–Kier alpha value is -0.550. The van der Waals surface area contributed by atoms with E-state index in [0.717, 1.165) is 38.8 Å². The van der Waals surface area contributed by atoms with Crippen LogP contribution in [0.5, 0.6) is 0 Å². The van der Waals surface area contributed by atoms with E-state index < -0.39 is 0 Å². The molecule has 7 nitrogen and oxygen atoms in total. The van der Waals surface area contributed by atoms with Crippen molar-refractivity contribution in [1.29, 1.82) is 0 Å². The van der Waals surface area contributed by atoms with Crippen LogP contribution in [0.1, 0.15) is 13.8 Å². The number of ether oxygens (including phenoxy) is 1. The Balaban J connectivity index is 0.00000364. The third-order valence-corrected chi connectivity index (χ3v) is 4.79. The SMILES string of the molecule is CN=C(NCCNc1ncc(Cl)cc1Cl)NCC(C)(C)N1CCOCC1.I. The summed E-state index contributed by atoms with van der Waals surface area (Å²) in [5.74, 6) is 1.39. The van der Waals surface area contributed by atoms with Crippen molar-refractivity contribution in [3.63, 3.8) is 0 Å². The number of aromatic nitrogens is 1. The maximum absolute atomic E-state index is 6.09. The lowest BCUT2D eigenvalue weighted by Gasteiger charge is -2.41. The van der Waals surface area contributed by atoms with Gasteiger partial charge in [0.05, 0.1) is 23.3 Å². The lowest BCUT2D eigenvalue weighted by Crippen LogP contribution is -2.56. The van der Waals surface area contributed by atoms with Crippen molar-refractivity contribution in [2.45, 2.75) is 19.4 Å². The van der Waals surface area contributed by atoms with Crippen molar-refractivity contribution in [3.05, 3.63) is 22.3 Å². The summed E-state index contributed by atoms with van der Waals surface area (Å²) < 4.78 is 5.43. The number of aliphatic imine (C=N–C) groups is 1. The van der Waals surface area contributed by atoms with E-state index in [4.69, 9.17) is 27.9 Å². The van der Waals surface area contributed by atoms with Gasteiger partial charge in [0, 0.05) is 51.5 Å². The Morgan fingerprint density at radius 2 is 1.96 bits per heavy atom. The molecule has 0 saturated carbocycles. The van der Waals surface area contributed by atoms with Crippen molar-refractivity contribution >= 4 is 59.0 Å². The van der Waals surface area contributed by atoms with E-state index in [9.17, 15) is 0 Å². The van der Waals surface area contributed by atoms with E-state index in [0.29, 0.717) is 29.0 Å². The number of morpholine rings is 1. The van der Waals surface area contributed by atoms with Gasteiger partial charge in [0.15, 0.2) is 5.96 Å². The zero-order valence-electron chi connectivity index (χ0n) is 16.0. The predicted molar refractivity (Wildman–Crippen MR) is 124 cm³/mol. The zero-order chi connectivity index (χ0) is 19.0. The minimum Gasteiger partial charge on any atom is -0.379 e. The van der Waals surface area contributed by atoms with Crippen LogP contribution in [-0.4, -0.2) is 74.4 Å². The van der Waals surface area contributed by atoms with E-state index in [1.165, 1.54) is 0 Å². The Morgan fingerprint density at radius 3 is 2.59 bits per heavy atom. The standard InChI is InChI=1S/C17H28Cl2N6O.HI/c1-17(2,25-6-8-26-9-7-25)12-24-16(20-3)22-5-4-21-15-14(19)10-13(18)11-23-15;/h10-11H,4-9,12H2,1-3H3,(H,21,23)(H2,20,22,24);1H. The highest BCUT2D eigenvalue weighted by atomic mass is 127. The molecule has 0 unspecified atom stereocenters. The summed E-state index contributed by atoms with van der Waals surface area (Å²) in [6, 6.07) is 1.67. The van der Waals surface area contributed by atoms with Crippen LogP contribution in [0.15, 0.2) is 17.3 Å². The lowest BCUT2D eigenvalue weighted by atomic mass is 10.0. The fraction of sp³-hybridized carbons (Fsp3) is 0.647. The number of halogens is 3. The van der Waals surface area contributed by atoms with Gasteiger partial charge in [-0.05, 0) is 19.9 Å². The van der Waals surface area contributed by atoms with Crippen molar-refractivity contribution in [2.75, 3.05) is 58.3 Å². The number of nitrogens with one attached hydrogen (secondary N) is 3. The van der Waals surface area contributed by atoms with Crippen LogP contribution >= 0.6 is 47.2 Å². The molecule has 0 aromatic carbocycles. The summed E-state index contributed by atoms with van der Waals surface area (Å²) in [6.07, 6.45) is 1.57. The second kappa shape index (κ2) is 12.1. The fourth-order valence-corrected chi connectivity index (χ4v) is 3.15. The summed E-state index contributed by atoms with van der Waals surface area (Å²) in [6.45, 7) is 10.1. The van der Waals surface area contributed by atoms with Gasteiger partial charge in [-0.25, -0.2) is 4.98 Å². The molecule has 10 heteroatoms. The van der Waals surface area contributed by atoms with Gasteiger partial charge >= 0.3 is 0 Å².